The number of fused-ring (bicyclic) bond motifs is 1. The van der Waals surface area contributed by atoms with Crippen molar-refractivity contribution >= 4 is 38.7 Å². The molecule has 0 fully saturated rings. The third kappa shape index (κ3) is 2.33. The average Bonchev–Trinajstić information content (AvgIpc) is 2.60. The molecule has 2 N–H and O–H groups in total. The highest BCUT2D eigenvalue weighted by molar-refractivity contribution is 9.10. The Morgan fingerprint density at radius 2 is 2.38 bits per heavy atom. The number of rotatable bonds is 4. The van der Waals surface area contributed by atoms with Gasteiger partial charge in [0.05, 0.1) is 11.8 Å². The van der Waals surface area contributed by atoms with Crippen molar-refractivity contribution in [2.24, 2.45) is 0 Å². The Balaban J connectivity index is 2.15. The molecule has 2 rings (SSSR count). The van der Waals surface area contributed by atoms with E-state index in [1.807, 2.05) is 18.2 Å². The lowest BCUT2D eigenvalue weighted by molar-refractivity contribution is -0.136. The summed E-state index contributed by atoms with van der Waals surface area (Å²) in [6.07, 6.45) is 0.0465. The molecule has 5 nitrogen and oxygen atoms in total. The van der Waals surface area contributed by atoms with Gasteiger partial charge >= 0.3 is 5.97 Å². The van der Waals surface area contributed by atoms with E-state index in [1.54, 1.807) is 0 Å². The van der Waals surface area contributed by atoms with E-state index in [-0.39, 0.29) is 6.42 Å². The molecule has 0 saturated carbocycles. The minimum Gasteiger partial charge on any atom is -0.481 e. The summed E-state index contributed by atoms with van der Waals surface area (Å²) < 4.78 is 6.01. The molecule has 0 spiro atoms. The number of carboxylic acids is 1. The molecule has 1 heterocycles. The van der Waals surface area contributed by atoms with Crippen LogP contribution in [0.25, 0.3) is 11.0 Å². The summed E-state index contributed by atoms with van der Waals surface area (Å²) in [6, 6.07) is 5.55. The van der Waals surface area contributed by atoms with Crippen LogP contribution in [0.5, 0.6) is 0 Å². The fraction of sp³-hybridized carbons (Fsp3) is 0.200. The molecule has 1 aromatic carbocycles. The lowest BCUT2D eigenvalue weighted by atomic mass is 10.2. The Hall–Kier alpha value is -1.56. The molecule has 6 heteroatoms. The van der Waals surface area contributed by atoms with Crippen LogP contribution in [0.1, 0.15) is 6.42 Å². The van der Waals surface area contributed by atoms with Gasteiger partial charge in [-0.3, -0.25) is 4.79 Å². The second-order valence-corrected chi connectivity index (χ2v) is 4.16. The van der Waals surface area contributed by atoms with Crippen molar-refractivity contribution < 1.29 is 14.4 Å². The van der Waals surface area contributed by atoms with E-state index >= 15 is 0 Å². The number of nitrogens with one attached hydrogen (secondary N) is 1. The Bertz CT molecular complexity index is 524. The van der Waals surface area contributed by atoms with Crippen LogP contribution < -0.4 is 5.32 Å². The second kappa shape index (κ2) is 4.52. The van der Waals surface area contributed by atoms with Gasteiger partial charge < -0.3 is 14.9 Å². The number of nitrogens with zero attached hydrogens (tertiary/aromatic N) is 1. The van der Waals surface area contributed by atoms with E-state index in [1.165, 1.54) is 0 Å². The second-order valence-electron chi connectivity index (χ2n) is 3.24. The zero-order valence-corrected chi connectivity index (χ0v) is 9.82. The summed E-state index contributed by atoms with van der Waals surface area (Å²) in [5.74, 6) is -0.271. The number of hydrogen-bond acceptors (Lipinski definition) is 4. The molecule has 2 aromatic rings. The van der Waals surface area contributed by atoms with Gasteiger partial charge in [-0.2, -0.15) is 0 Å². The predicted octanol–water partition coefficient (Wildman–Crippen LogP) is 2.48. The quantitative estimate of drug-likeness (QED) is 0.902. The number of carbonyl (C=O) groups is 1. The Kier molecular flexibility index (Phi) is 3.09. The van der Waals surface area contributed by atoms with Crippen LogP contribution in [0.4, 0.5) is 5.82 Å². The molecule has 84 valence electrons. The number of aromatic nitrogens is 1. The molecule has 0 aliphatic rings. The monoisotopic (exact) mass is 284 g/mol. The largest absolute Gasteiger partial charge is 0.481 e. The van der Waals surface area contributed by atoms with Crippen LogP contribution in [0, 0.1) is 0 Å². The first-order valence-corrected chi connectivity index (χ1v) is 5.47. The molecular formula is C10H9BrN2O3. The van der Waals surface area contributed by atoms with E-state index in [2.05, 4.69) is 26.4 Å². The van der Waals surface area contributed by atoms with Gasteiger partial charge in [-0.05, 0) is 18.2 Å². The Labute approximate surface area is 99.5 Å². The molecular weight excluding hydrogens is 276 g/mol. The van der Waals surface area contributed by atoms with Crippen LogP contribution in [0.2, 0.25) is 0 Å². The van der Waals surface area contributed by atoms with Gasteiger partial charge in [-0.1, -0.05) is 21.1 Å². The van der Waals surface area contributed by atoms with E-state index in [0.29, 0.717) is 17.9 Å². The zero-order valence-electron chi connectivity index (χ0n) is 8.24. The van der Waals surface area contributed by atoms with E-state index in [0.717, 1.165) is 9.86 Å². The maximum atomic E-state index is 10.3. The lowest BCUT2D eigenvalue weighted by Gasteiger charge is -1.99. The molecule has 0 aliphatic carbocycles. The first-order chi connectivity index (χ1) is 7.66. The van der Waals surface area contributed by atoms with Crippen molar-refractivity contribution in [2.45, 2.75) is 6.42 Å². The Morgan fingerprint density at radius 3 is 3.12 bits per heavy atom. The molecule has 16 heavy (non-hydrogen) atoms. The average molecular weight is 285 g/mol. The van der Waals surface area contributed by atoms with Crippen molar-refractivity contribution in [1.82, 2.24) is 5.16 Å². The molecule has 0 bridgehead atoms. The SMILES string of the molecule is O=C(O)CCNc1noc2cc(Br)ccc12. The molecule has 0 unspecified atom stereocenters. The maximum Gasteiger partial charge on any atom is 0.305 e. The van der Waals surface area contributed by atoms with Crippen molar-refractivity contribution in [3.05, 3.63) is 22.7 Å². The molecule has 0 atom stereocenters. The van der Waals surface area contributed by atoms with Crippen molar-refractivity contribution in [3.8, 4) is 0 Å². The number of benzene rings is 1. The lowest BCUT2D eigenvalue weighted by Crippen LogP contribution is -2.07. The van der Waals surface area contributed by atoms with Gasteiger partial charge in [0.25, 0.3) is 0 Å². The van der Waals surface area contributed by atoms with Gasteiger partial charge in [0, 0.05) is 11.0 Å². The van der Waals surface area contributed by atoms with E-state index in [9.17, 15) is 4.79 Å². The topological polar surface area (TPSA) is 75.4 Å². The first-order valence-electron chi connectivity index (χ1n) is 4.67. The summed E-state index contributed by atoms with van der Waals surface area (Å²) in [6.45, 7) is 0.326. The molecule has 1 aromatic heterocycles. The first kappa shape index (κ1) is 10.9. The van der Waals surface area contributed by atoms with Crippen LogP contribution in [-0.4, -0.2) is 22.8 Å². The highest BCUT2D eigenvalue weighted by Gasteiger charge is 2.08. The standard InChI is InChI=1S/C10H9BrN2O3/c11-6-1-2-7-8(5-6)16-13-10(7)12-4-3-9(14)15/h1-2,5H,3-4H2,(H,12,13)(H,14,15). The van der Waals surface area contributed by atoms with Crippen molar-refractivity contribution in [1.29, 1.82) is 0 Å². The smallest absolute Gasteiger partial charge is 0.305 e. The fourth-order valence-electron chi connectivity index (χ4n) is 1.33. The third-order valence-electron chi connectivity index (χ3n) is 2.07. The predicted molar refractivity (Wildman–Crippen MR) is 62.5 cm³/mol. The zero-order chi connectivity index (χ0) is 11.5. The van der Waals surface area contributed by atoms with Gasteiger partial charge in [0.2, 0.25) is 0 Å². The van der Waals surface area contributed by atoms with Gasteiger partial charge in [-0.25, -0.2) is 0 Å². The fourth-order valence-corrected chi connectivity index (χ4v) is 1.67. The van der Waals surface area contributed by atoms with E-state index in [4.69, 9.17) is 9.63 Å². The van der Waals surface area contributed by atoms with Crippen LogP contribution >= 0.6 is 15.9 Å². The summed E-state index contributed by atoms with van der Waals surface area (Å²) in [5, 5.41) is 16.1. The number of aliphatic carboxylic acids is 1. The summed E-state index contributed by atoms with van der Waals surface area (Å²) in [5.41, 5.74) is 0.659. The minimum atomic E-state index is -0.844. The summed E-state index contributed by atoms with van der Waals surface area (Å²) >= 11 is 3.33. The number of halogens is 1. The normalized spacial score (nSPS) is 10.6. The third-order valence-corrected chi connectivity index (χ3v) is 2.56. The summed E-state index contributed by atoms with van der Waals surface area (Å²) in [7, 11) is 0. The van der Waals surface area contributed by atoms with Gasteiger partial charge in [-0.15, -0.1) is 0 Å². The molecule has 0 saturated heterocycles. The van der Waals surface area contributed by atoms with Crippen molar-refractivity contribution in [3.63, 3.8) is 0 Å². The number of carboxylic acid groups (broad SMARTS) is 1. The number of hydrogen-bond donors (Lipinski definition) is 2. The van der Waals surface area contributed by atoms with Crippen LogP contribution in [0.15, 0.2) is 27.2 Å². The summed E-state index contributed by atoms with van der Waals surface area (Å²) in [4.78, 5) is 10.3. The van der Waals surface area contributed by atoms with Crippen LogP contribution in [-0.2, 0) is 4.79 Å². The van der Waals surface area contributed by atoms with Gasteiger partial charge in [0.15, 0.2) is 11.4 Å². The highest BCUT2D eigenvalue weighted by atomic mass is 79.9. The molecule has 0 radical (unpaired) electrons. The minimum absolute atomic E-state index is 0.0465. The molecule has 0 aliphatic heterocycles. The van der Waals surface area contributed by atoms with E-state index < -0.39 is 5.97 Å². The molecule has 0 amide bonds. The van der Waals surface area contributed by atoms with Gasteiger partial charge in [0.1, 0.15) is 0 Å². The van der Waals surface area contributed by atoms with Crippen molar-refractivity contribution in [2.75, 3.05) is 11.9 Å². The Morgan fingerprint density at radius 1 is 1.56 bits per heavy atom. The number of anilines is 1. The highest BCUT2D eigenvalue weighted by Crippen LogP contribution is 2.25. The van der Waals surface area contributed by atoms with Crippen LogP contribution in [0.3, 0.4) is 0 Å². The maximum absolute atomic E-state index is 10.3.